The first-order valence-electron chi connectivity index (χ1n) is 6.68. The predicted molar refractivity (Wildman–Crippen MR) is 80.1 cm³/mol. The monoisotopic (exact) mass is 285 g/mol. The van der Waals surface area contributed by atoms with Gasteiger partial charge in [0.2, 0.25) is 11.8 Å². The zero-order valence-corrected chi connectivity index (χ0v) is 11.8. The van der Waals surface area contributed by atoms with E-state index in [4.69, 9.17) is 0 Å². The van der Waals surface area contributed by atoms with E-state index in [0.717, 1.165) is 12.1 Å². The molecule has 0 amide bonds. The Morgan fingerprint density at radius 3 is 2.81 bits per heavy atom. The van der Waals surface area contributed by atoms with Crippen LogP contribution in [0.1, 0.15) is 11.3 Å². The van der Waals surface area contributed by atoms with Gasteiger partial charge in [0.15, 0.2) is 0 Å². The first-order chi connectivity index (χ1) is 10.1. The number of nitro groups is 1. The minimum Gasteiger partial charge on any atom is -0.357 e. The number of rotatable bonds is 3. The molecule has 21 heavy (non-hydrogen) atoms. The lowest BCUT2D eigenvalue weighted by molar-refractivity contribution is -0.385. The van der Waals surface area contributed by atoms with Gasteiger partial charge in [0, 0.05) is 19.3 Å². The number of hydrogen-bond donors (Lipinski definition) is 1. The van der Waals surface area contributed by atoms with Gasteiger partial charge in [-0.3, -0.25) is 10.1 Å². The van der Waals surface area contributed by atoms with Gasteiger partial charge in [0.05, 0.1) is 4.92 Å². The molecule has 0 atom stereocenters. The molecule has 0 saturated carbocycles. The smallest absolute Gasteiger partial charge is 0.333 e. The molecule has 0 aliphatic carbocycles. The van der Waals surface area contributed by atoms with Crippen LogP contribution in [0.3, 0.4) is 0 Å². The summed E-state index contributed by atoms with van der Waals surface area (Å²) < 4.78 is 0. The fourth-order valence-electron chi connectivity index (χ4n) is 2.62. The fraction of sp³-hybridized carbons (Fsp3) is 0.286. The number of nitrogens with zero attached hydrogens (tertiary/aromatic N) is 4. The van der Waals surface area contributed by atoms with E-state index in [0.29, 0.717) is 24.0 Å². The van der Waals surface area contributed by atoms with Crippen molar-refractivity contribution in [3.05, 3.63) is 45.6 Å². The van der Waals surface area contributed by atoms with Gasteiger partial charge < -0.3 is 10.2 Å². The van der Waals surface area contributed by atoms with Gasteiger partial charge in [-0.25, -0.2) is 4.98 Å². The molecule has 2 heterocycles. The molecule has 7 heteroatoms. The Hall–Kier alpha value is -2.70. The van der Waals surface area contributed by atoms with Crippen molar-refractivity contribution in [1.29, 1.82) is 0 Å². The lowest BCUT2D eigenvalue weighted by atomic mass is 10.2. The molecule has 0 bridgehead atoms. The van der Waals surface area contributed by atoms with E-state index in [9.17, 15) is 10.1 Å². The molecular formula is C14H15N5O2. The third kappa shape index (κ3) is 2.16. The van der Waals surface area contributed by atoms with Crippen molar-refractivity contribution in [2.24, 2.45) is 0 Å². The van der Waals surface area contributed by atoms with Crippen LogP contribution in [-0.2, 0) is 6.42 Å². The van der Waals surface area contributed by atoms with E-state index in [2.05, 4.69) is 15.3 Å². The topological polar surface area (TPSA) is 84.2 Å². The summed E-state index contributed by atoms with van der Waals surface area (Å²) in [5.74, 6) is 0.735. The summed E-state index contributed by atoms with van der Waals surface area (Å²) in [6.45, 7) is 2.31. The molecule has 1 aromatic carbocycles. The molecule has 1 N–H and O–H groups in total. The van der Waals surface area contributed by atoms with Crippen molar-refractivity contribution in [2.45, 2.75) is 13.3 Å². The second-order valence-corrected chi connectivity index (χ2v) is 4.84. The van der Waals surface area contributed by atoms with E-state index >= 15 is 0 Å². The van der Waals surface area contributed by atoms with Crippen LogP contribution >= 0.6 is 0 Å². The van der Waals surface area contributed by atoms with E-state index in [-0.39, 0.29) is 5.69 Å². The molecule has 108 valence electrons. The van der Waals surface area contributed by atoms with Crippen LogP contribution in [0.25, 0.3) is 0 Å². The third-order valence-electron chi connectivity index (χ3n) is 3.59. The second kappa shape index (κ2) is 5.01. The molecule has 0 saturated heterocycles. The Kier molecular flexibility index (Phi) is 3.17. The van der Waals surface area contributed by atoms with Gasteiger partial charge in [0.25, 0.3) is 0 Å². The largest absolute Gasteiger partial charge is 0.357 e. The Bertz CT molecular complexity index is 717. The number of hydrogen-bond acceptors (Lipinski definition) is 6. The molecular weight excluding hydrogens is 270 g/mol. The second-order valence-electron chi connectivity index (χ2n) is 4.84. The highest BCUT2D eigenvalue weighted by atomic mass is 16.6. The van der Waals surface area contributed by atoms with Gasteiger partial charge in [0.1, 0.15) is 5.69 Å². The number of anilines is 3. The van der Waals surface area contributed by atoms with Gasteiger partial charge in [-0.2, -0.15) is 4.98 Å². The van der Waals surface area contributed by atoms with Crippen LogP contribution in [-0.4, -0.2) is 28.5 Å². The van der Waals surface area contributed by atoms with E-state index < -0.39 is 4.92 Å². The maximum atomic E-state index is 11.4. The normalized spacial score (nSPS) is 13.1. The van der Waals surface area contributed by atoms with E-state index in [1.807, 2.05) is 29.2 Å². The van der Waals surface area contributed by atoms with Crippen molar-refractivity contribution >= 4 is 23.1 Å². The Labute approximate surface area is 121 Å². The molecule has 0 fully saturated rings. The summed E-state index contributed by atoms with van der Waals surface area (Å²) in [5, 5.41) is 14.2. The maximum Gasteiger partial charge on any atom is 0.333 e. The number of fused-ring (bicyclic) bond motifs is 1. The van der Waals surface area contributed by atoms with Crippen LogP contribution in [0.15, 0.2) is 24.3 Å². The zero-order valence-electron chi connectivity index (χ0n) is 11.8. The highest BCUT2D eigenvalue weighted by Gasteiger charge is 2.30. The number of aromatic nitrogens is 2. The average Bonchev–Trinajstić information content (AvgIpc) is 2.89. The SMILES string of the molecule is CNc1nc(C)c([N+](=O)[O-])c(N2CCc3ccccc32)n1. The van der Waals surface area contributed by atoms with Gasteiger partial charge in [-0.1, -0.05) is 18.2 Å². The number of nitrogens with one attached hydrogen (secondary N) is 1. The first-order valence-corrected chi connectivity index (χ1v) is 6.68. The summed E-state index contributed by atoms with van der Waals surface area (Å²) >= 11 is 0. The highest BCUT2D eigenvalue weighted by molar-refractivity contribution is 5.74. The molecule has 7 nitrogen and oxygen atoms in total. The standard InChI is InChI=1S/C14H15N5O2/c1-9-12(19(20)21)13(17-14(15-2)16-9)18-8-7-10-5-3-4-6-11(10)18/h3-6H,7-8H2,1-2H3,(H,15,16,17). The number of benzene rings is 1. The lowest BCUT2D eigenvalue weighted by Crippen LogP contribution is -2.18. The number of para-hydroxylation sites is 1. The minimum atomic E-state index is -0.412. The summed E-state index contributed by atoms with van der Waals surface area (Å²) in [7, 11) is 1.70. The number of aryl methyl sites for hydroxylation is 1. The van der Waals surface area contributed by atoms with Crippen LogP contribution in [0.4, 0.5) is 23.1 Å². The summed E-state index contributed by atoms with van der Waals surface area (Å²) in [4.78, 5) is 21.3. The molecule has 1 aliphatic rings. The Morgan fingerprint density at radius 2 is 2.10 bits per heavy atom. The molecule has 1 aliphatic heterocycles. The quantitative estimate of drug-likeness (QED) is 0.688. The molecule has 3 rings (SSSR count). The van der Waals surface area contributed by atoms with Crippen LogP contribution in [0.5, 0.6) is 0 Å². The van der Waals surface area contributed by atoms with Crippen molar-refractivity contribution in [3.63, 3.8) is 0 Å². The third-order valence-corrected chi connectivity index (χ3v) is 3.59. The molecule has 0 spiro atoms. The lowest BCUT2D eigenvalue weighted by Gasteiger charge is -2.19. The minimum absolute atomic E-state index is 0.0364. The van der Waals surface area contributed by atoms with Gasteiger partial charge in [-0.05, 0) is 25.0 Å². The van der Waals surface area contributed by atoms with Crippen molar-refractivity contribution in [1.82, 2.24) is 9.97 Å². The van der Waals surface area contributed by atoms with Crippen molar-refractivity contribution in [2.75, 3.05) is 23.8 Å². The van der Waals surface area contributed by atoms with E-state index in [1.54, 1.807) is 14.0 Å². The van der Waals surface area contributed by atoms with Gasteiger partial charge >= 0.3 is 5.69 Å². The van der Waals surface area contributed by atoms with Crippen LogP contribution < -0.4 is 10.2 Å². The summed E-state index contributed by atoms with van der Waals surface area (Å²) in [6, 6.07) is 7.90. The highest BCUT2D eigenvalue weighted by Crippen LogP contribution is 2.39. The summed E-state index contributed by atoms with van der Waals surface area (Å²) in [5.41, 5.74) is 2.47. The average molecular weight is 285 g/mol. The zero-order chi connectivity index (χ0) is 15.0. The molecule has 0 radical (unpaired) electrons. The fourth-order valence-corrected chi connectivity index (χ4v) is 2.62. The van der Waals surface area contributed by atoms with Gasteiger partial charge in [-0.15, -0.1) is 0 Å². The Balaban J connectivity index is 2.18. The van der Waals surface area contributed by atoms with Crippen LogP contribution in [0.2, 0.25) is 0 Å². The summed E-state index contributed by atoms with van der Waals surface area (Å²) in [6.07, 6.45) is 0.852. The van der Waals surface area contributed by atoms with Crippen molar-refractivity contribution < 1.29 is 4.92 Å². The molecule has 1 aromatic heterocycles. The molecule has 0 unspecified atom stereocenters. The first kappa shape index (κ1) is 13.3. The Morgan fingerprint density at radius 1 is 1.33 bits per heavy atom. The molecule has 2 aromatic rings. The maximum absolute atomic E-state index is 11.4. The predicted octanol–water partition coefficient (Wildman–Crippen LogP) is 2.43. The van der Waals surface area contributed by atoms with Crippen LogP contribution in [0, 0.1) is 17.0 Å². The van der Waals surface area contributed by atoms with E-state index in [1.165, 1.54) is 5.56 Å². The van der Waals surface area contributed by atoms with Crippen molar-refractivity contribution in [3.8, 4) is 0 Å².